The molecule has 13 heteroatoms. The first-order chi connectivity index (χ1) is 17.8. The number of nitrogens with zero attached hydrogens (tertiary/aromatic N) is 3. The van der Waals surface area contributed by atoms with Gasteiger partial charge in [-0.05, 0) is 55.4 Å². The first kappa shape index (κ1) is 28.3. The molecule has 1 aromatic heterocycles. The Kier molecular flexibility index (Phi) is 8.08. The quantitative estimate of drug-likeness (QED) is 0.490. The zero-order valence-electron chi connectivity index (χ0n) is 21.1. The summed E-state index contributed by atoms with van der Waals surface area (Å²) in [5, 5.41) is 10.5. The van der Waals surface area contributed by atoms with Gasteiger partial charge in [0.25, 0.3) is 0 Å². The molecule has 2 unspecified atom stereocenters. The van der Waals surface area contributed by atoms with Gasteiger partial charge in [-0.3, -0.25) is 4.79 Å². The van der Waals surface area contributed by atoms with E-state index in [1.807, 2.05) is 13.8 Å². The summed E-state index contributed by atoms with van der Waals surface area (Å²) in [5.41, 5.74) is -3.87. The lowest BCUT2D eigenvalue weighted by molar-refractivity contribution is -0.143. The fourth-order valence-corrected chi connectivity index (χ4v) is 5.56. The summed E-state index contributed by atoms with van der Waals surface area (Å²) < 4.78 is 86.7. The predicted octanol–water partition coefficient (Wildman–Crippen LogP) is 4.75. The minimum Gasteiger partial charge on any atom is -0.379 e. The Balaban J connectivity index is 1.46. The van der Waals surface area contributed by atoms with Crippen molar-refractivity contribution in [3.63, 3.8) is 0 Å². The molecule has 2 aromatic rings. The van der Waals surface area contributed by atoms with Gasteiger partial charge in [-0.1, -0.05) is 13.8 Å². The number of alkyl halides is 6. The number of hydrogen-bond acceptors (Lipinski definition) is 5. The lowest BCUT2D eigenvalue weighted by atomic mass is 9.74. The van der Waals surface area contributed by atoms with Crippen molar-refractivity contribution in [3.05, 3.63) is 47.5 Å². The van der Waals surface area contributed by atoms with Crippen molar-refractivity contribution in [1.82, 2.24) is 25.4 Å². The summed E-state index contributed by atoms with van der Waals surface area (Å²) in [5.74, 6) is -0.468. The first-order valence-corrected chi connectivity index (χ1v) is 12.5. The van der Waals surface area contributed by atoms with Crippen LogP contribution in [0.1, 0.15) is 62.3 Å². The molecule has 2 heterocycles. The Morgan fingerprint density at radius 2 is 1.82 bits per heavy atom. The number of carbonyl (C=O) groups is 1. The van der Waals surface area contributed by atoms with Gasteiger partial charge in [-0.25, -0.2) is 9.67 Å². The highest BCUT2D eigenvalue weighted by Gasteiger charge is 2.48. The van der Waals surface area contributed by atoms with Crippen LogP contribution in [0.3, 0.4) is 0 Å². The largest absolute Gasteiger partial charge is 0.416 e. The second-order valence-electron chi connectivity index (χ2n) is 10.4. The number of rotatable bonds is 7. The number of amides is 1. The first-order valence-electron chi connectivity index (χ1n) is 12.5. The monoisotopic (exact) mass is 547 g/mol. The van der Waals surface area contributed by atoms with Gasteiger partial charge in [-0.2, -0.15) is 31.4 Å². The molecule has 7 nitrogen and oxygen atoms in total. The number of aromatic nitrogens is 3. The Morgan fingerprint density at radius 3 is 2.39 bits per heavy atom. The second kappa shape index (κ2) is 10.8. The van der Waals surface area contributed by atoms with Crippen molar-refractivity contribution >= 4 is 5.91 Å². The fraction of sp³-hybridized carbons (Fsp3) is 0.640. The Morgan fingerprint density at radius 1 is 1.13 bits per heavy atom. The molecule has 0 radical (unpaired) electrons. The molecule has 2 N–H and O–H groups in total. The minimum absolute atomic E-state index is 0.00246. The van der Waals surface area contributed by atoms with E-state index in [9.17, 15) is 31.1 Å². The van der Waals surface area contributed by atoms with E-state index >= 15 is 0 Å². The van der Waals surface area contributed by atoms with Gasteiger partial charge < -0.3 is 15.4 Å². The van der Waals surface area contributed by atoms with Crippen LogP contribution in [0.2, 0.25) is 0 Å². The molecule has 1 amide bonds. The standard InChI is InChI=1S/C25H31F6N5O2/c1-15(2)23(5-3-19(10-23)35-20-4-6-38-12-21(20)36-14-32-13-34-36)22(37)33-11-16-7-17(24(26,27)28)9-18(8-16)25(29,30)31/h7-9,13-15,19-21,35H,3-6,10-12H2,1-2H3,(H,33,37)/t19-,20?,21?,23+/m1/s1. The summed E-state index contributed by atoms with van der Waals surface area (Å²) in [6.45, 7) is 4.43. The normalized spacial score (nSPS) is 26.6. The topological polar surface area (TPSA) is 81.1 Å². The minimum atomic E-state index is -4.95. The fourth-order valence-electron chi connectivity index (χ4n) is 5.56. The SMILES string of the molecule is CC(C)[C@]1(C(=O)NCc2cc(C(F)(F)F)cc(C(F)(F)F)c2)CC[C@@H](NC2CCOCC2n2cncn2)C1. The number of benzene rings is 1. The lowest BCUT2D eigenvalue weighted by Gasteiger charge is -2.36. The Hall–Kier alpha value is -2.67. The molecule has 1 saturated heterocycles. The maximum absolute atomic E-state index is 13.4. The van der Waals surface area contributed by atoms with Crippen LogP contribution in [0.15, 0.2) is 30.9 Å². The zero-order valence-corrected chi connectivity index (χ0v) is 21.1. The highest BCUT2D eigenvalue weighted by Crippen LogP contribution is 2.45. The molecule has 4 rings (SSSR count). The molecule has 0 bridgehead atoms. The van der Waals surface area contributed by atoms with Crippen molar-refractivity contribution < 1.29 is 35.9 Å². The third kappa shape index (κ3) is 6.14. The van der Waals surface area contributed by atoms with E-state index < -0.39 is 35.4 Å². The van der Waals surface area contributed by atoms with Gasteiger partial charge in [0.2, 0.25) is 5.91 Å². The van der Waals surface area contributed by atoms with Crippen molar-refractivity contribution in [2.75, 3.05) is 13.2 Å². The van der Waals surface area contributed by atoms with Gasteiger partial charge in [0, 0.05) is 25.2 Å². The number of ether oxygens (including phenoxy) is 1. The van der Waals surface area contributed by atoms with Crippen LogP contribution in [0.5, 0.6) is 0 Å². The van der Waals surface area contributed by atoms with E-state index in [0.29, 0.717) is 44.6 Å². The molecule has 2 aliphatic rings. The number of hydrogen-bond donors (Lipinski definition) is 2. The van der Waals surface area contributed by atoms with E-state index in [1.165, 1.54) is 6.33 Å². The number of nitrogens with one attached hydrogen (secondary N) is 2. The average molecular weight is 548 g/mol. The summed E-state index contributed by atoms with van der Waals surface area (Å²) in [6, 6.07) is 1.36. The Bertz CT molecular complexity index is 1070. The summed E-state index contributed by atoms with van der Waals surface area (Å²) in [7, 11) is 0. The van der Waals surface area contributed by atoms with Crippen LogP contribution in [0.25, 0.3) is 0 Å². The molecular formula is C25H31F6N5O2. The molecule has 38 heavy (non-hydrogen) atoms. The maximum Gasteiger partial charge on any atom is 0.416 e. The van der Waals surface area contributed by atoms with Crippen molar-refractivity contribution in [2.24, 2.45) is 11.3 Å². The lowest BCUT2D eigenvalue weighted by Crippen LogP contribution is -2.49. The molecule has 0 spiro atoms. The highest BCUT2D eigenvalue weighted by molar-refractivity contribution is 5.83. The van der Waals surface area contributed by atoms with Crippen molar-refractivity contribution in [3.8, 4) is 0 Å². The van der Waals surface area contributed by atoms with Gasteiger partial charge in [0.05, 0.1) is 29.2 Å². The molecule has 210 valence electrons. The van der Waals surface area contributed by atoms with Gasteiger partial charge in [0.15, 0.2) is 0 Å². The van der Waals surface area contributed by atoms with E-state index in [4.69, 9.17) is 4.74 Å². The molecule has 2 fully saturated rings. The zero-order chi connectivity index (χ0) is 27.7. The second-order valence-corrected chi connectivity index (χ2v) is 10.4. The van der Waals surface area contributed by atoms with Crippen LogP contribution in [-0.4, -0.2) is 46.0 Å². The van der Waals surface area contributed by atoms with E-state index in [0.717, 1.165) is 6.42 Å². The van der Waals surface area contributed by atoms with Crippen LogP contribution in [-0.2, 0) is 28.4 Å². The van der Waals surface area contributed by atoms with E-state index in [1.54, 1.807) is 11.0 Å². The van der Waals surface area contributed by atoms with Gasteiger partial charge in [0.1, 0.15) is 12.7 Å². The van der Waals surface area contributed by atoms with Gasteiger partial charge in [-0.15, -0.1) is 0 Å². The average Bonchev–Trinajstić information content (AvgIpc) is 3.53. The van der Waals surface area contributed by atoms with E-state index in [-0.39, 0.29) is 41.6 Å². The molecule has 1 aliphatic carbocycles. The van der Waals surface area contributed by atoms with Crippen molar-refractivity contribution in [2.45, 2.75) is 76.6 Å². The maximum atomic E-state index is 13.4. The van der Waals surface area contributed by atoms with Crippen LogP contribution >= 0.6 is 0 Å². The van der Waals surface area contributed by atoms with Crippen LogP contribution < -0.4 is 10.6 Å². The molecule has 1 aromatic carbocycles. The third-order valence-electron chi connectivity index (χ3n) is 7.76. The third-order valence-corrected chi connectivity index (χ3v) is 7.76. The van der Waals surface area contributed by atoms with Gasteiger partial charge >= 0.3 is 12.4 Å². The molecule has 1 aliphatic heterocycles. The van der Waals surface area contributed by atoms with E-state index in [2.05, 4.69) is 20.7 Å². The number of carbonyl (C=O) groups excluding carboxylic acids is 1. The molecule has 4 atom stereocenters. The smallest absolute Gasteiger partial charge is 0.379 e. The highest BCUT2D eigenvalue weighted by atomic mass is 19.4. The van der Waals surface area contributed by atoms with Crippen LogP contribution in [0.4, 0.5) is 26.3 Å². The summed E-state index contributed by atoms with van der Waals surface area (Å²) in [4.78, 5) is 17.4. The summed E-state index contributed by atoms with van der Waals surface area (Å²) >= 11 is 0. The van der Waals surface area contributed by atoms with Crippen molar-refractivity contribution in [1.29, 1.82) is 0 Å². The molecule has 1 saturated carbocycles. The Labute approximate surface area is 216 Å². The molecular weight excluding hydrogens is 516 g/mol. The summed E-state index contributed by atoms with van der Waals surface area (Å²) in [6.07, 6.45) is -4.32. The predicted molar refractivity (Wildman–Crippen MR) is 125 cm³/mol. The number of halogens is 6. The van der Waals surface area contributed by atoms with Crippen LogP contribution in [0, 0.1) is 11.3 Å².